The van der Waals surface area contributed by atoms with E-state index in [1.165, 1.54) is 33.6 Å². The van der Waals surface area contributed by atoms with Gasteiger partial charge in [0, 0.05) is 28.2 Å². The average Bonchev–Trinajstić information content (AvgIpc) is 3.38. The van der Waals surface area contributed by atoms with E-state index in [9.17, 15) is 4.79 Å². The topological polar surface area (TPSA) is 81.9 Å². The minimum atomic E-state index is -0.196. The van der Waals surface area contributed by atoms with Crippen molar-refractivity contribution in [1.82, 2.24) is 14.9 Å². The van der Waals surface area contributed by atoms with Crippen LogP contribution in [-0.4, -0.2) is 39.9 Å². The number of carbonyl (C=O) groups excluding carboxylic acids is 1. The number of amides is 1. The first kappa shape index (κ1) is 21.3. The number of fused-ring (bicyclic) bond motifs is 2. The molecule has 1 aliphatic heterocycles. The molecular formula is C25H24IN5O. The summed E-state index contributed by atoms with van der Waals surface area (Å²) in [5.74, 6) is 1.78. The Hall–Kier alpha value is -2.57. The number of benzene rings is 1. The maximum atomic E-state index is 12.8. The first-order chi connectivity index (χ1) is 15.5. The number of rotatable bonds is 4. The molecule has 2 aromatic heterocycles. The zero-order valence-corrected chi connectivity index (χ0v) is 20.0. The maximum Gasteiger partial charge on any atom is 0.241 e. The SMILES string of the molecule is CC(C(=O)Nc1ccc(C#N)nc1)N1C[C@H]2CC(c3ccnc4ccc(I)cc34)C[C@H]2C1. The van der Waals surface area contributed by atoms with E-state index in [0.29, 0.717) is 29.1 Å². The molecule has 4 atom stereocenters. The maximum absolute atomic E-state index is 12.8. The molecule has 1 saturated heterocycles. The largest absolute Gasteiger partial charge is 0.323 e. The van der Waals surface area contributed by atoms with Gasteiger partial charge in [0.05, 0.1) is 23.4 Å². The molecule has 3 heterocycles. The summed E-state index contributed by atoms with van der Waals surface area (Å²) < 4.78 is 1.24. The summed E-state index contributed by atoms with van der Waals surface area (Å²) in [6, 6.07) is 13.8. The van der Waals surface area contributed by atoms with Gasteiger partial charge in [0.25, 0.3) is 0 Å². The van der Waals surface area contributed by atoms with Crippen LogP contribution in [0.5, 0.6) is 0 Å². The molecule has 1 aliphatic carbocycles. The van der Waals surface area contributed by atoms with E-state index in [2.05, 4.69) is 67.0 Å². The summed E-state index contributed by atoms with van der Waals surface area (Å²) >= 11 is 2.37. The molecule has 0 radical (unpaired) electrons. The molecule has 1 aromatic carbocycles. The van der Waals surface area contributed by atoms with E-state index >= 15 is 0 Å². The van der Waals surface area contributed by atoms with Crippen molar-refractivity contribution in [3.8, 4) is 6.07 Å². The van der Waals surface area contributed by atoms with Crippen LogP contribution >= 0.6 is 22.6 Å². The molecule has 1 saturated carbocycles. The van der Waals surface area contributed by atoms with Gasteiger partial charge in [0.15, 0.2) is 0 Å². The fourth-order valence-electron chi connectivity index (χ4n) is 5.35. The molecule has 0 bridgehead atoms. The van der Waals surface area contributed by atoms with Crippen LogP contribution in [-0.2, 0) is 4.79 Å². The monoisotopic (exact) mass is 537 g/mol. The van der Waals surface area contributed by atoms with Crippen molar-refractivity contribution in [2.24, 2.45) is 11.8 Å². The van der Waals surface area contributed by atoms with Crippen LogP contribution in [0.1, 0.15) is 36.9 Å². The number of carbonyl (C=O) groups is 1. The highest BCUT2D eigenvalue weighted by Crippen LogP contribution is 2.47. The minimum absolute atomic E-state index is 0.0252. The zero-order valence-electron chi connectivity index (χ0n) is 17.8. The van der Waals surface area contributed by atoms with Crippen molar-refractivity contribution in [2.45, 2.75) is 31.7 Å². The highest BCUT2D eigenvalue weighted by Gasteiger charge is 2.43. The van der Waals surface area contributed by atoms with E-state index in [0.717, 1.165) is 18.6 Å². The fourth-order valence-corrected chi connectivity index (χ4v) is 5.84. The van der Waals surface area contributed by atoms with E-state index in [1.54, 1.807) is 12.1 Å². The summed E-state index contributed by atoms with van der Waals surface area (Å²) in [6.07, 6.45) is 5.81. The molecule has 1 amide bonds. The van der Waals surface area contributed by atoms with Crippen LogP contribution < -0.4 is 5.32 Å². The Morgan fingerprint density at radius 2 is 1.97 bits per heavy atom. The first-order valence-electron chi connectivity index (χ1n) is 11.0. The Bertz CT molecular complexity index is 1190. The van der Waals surface area contributed by atoms with Gasteiger partial charge < -0.3 is 5.32 Å². The van der Waals surface area contributed by atoms with Crippen LogP contribution in [0.3, 0.4) is 0 Å². The molecule has 1 N–H and O–H groups in total. The van der Waals surface area contributed by atoms with Gasteiger partial charge in [-0.3, -0.25) is 14.7 Å². The third-order valence-electron chi connectivity index (χ3n) is 7.03. The number of pyridine rings is 2. The number of hydrogen-bond donors (Lipinski definition) is 1. The molecule has 32 heavy (non-hydrogen) atoms. The zero-order chi connectivity index (χ0) is 22.2. The quantitative estimate of drug-likeness (QED) is 0.494. The predicted molar refractivity (Wildman–Crippen MR) is 132 cm³/mol. The Balaban J connectivity index is 1.23. The smallest absolute Gasteiger partial charge is 0.241 e. The van der Waals surface area contributed by atoms with Crippen molar-refractivity contribution in [1.29, 1.82) is 5.26 Å². The Morgan fingerprint density at radius 1 is 1.19 bits per heavy atom. The third kappa shape index (κ3) is 4.09. The van der Waals surface area contributed by atoms with Crippen LogP contribution in [0.2, 0.25) is 0 Å². The van der Waals surface area contributed by atoms with E-state index < -0.39 is 0 Å². The number of aromatic nitrogens is 2. The molecule has 7 heteroatoms. The van der Waals surface area contributed by atoms with Crippen LogP contribution in [0, 0.1) is 26.7 Å². The molecule has 162 valence electrons. The second-order valence-corrected chi connectivity index (χ2v) is 10.2. The number of likely N-dealkylation sites (tertiary alicyclic amines) is 1. The van der Waals surface area contributed by atoms with Gasteiger partial charge in [-0.25, -0.2) is 4.98 Å². The standard InChI is InChI=1S/C25H24IN5O/c1-15(25(32)30-21-4-3-20(11-27)29-12-21)31-13-17-8-16(9-18(17)14-31)22-6-7-28-24-5-2-19(26)10-23(22)24/h2-7,10,12,15-18H,8-9,13-14H2,1H3,(H,30,32)/t15?,16?,17-,18+. The van der Waals surface area contributed by atoms with E-state index in [4.69, 9.17) is 5.26 Å². The van der Waals surface area contributed by atoms with Crippen LogP contribution in [0.25, 0.3) is 10.9 Å². The lowest BCUT2D eigenvalue weighted by atomic mass is 9.93. The summed E-state index contributed by atoms with van der Waals surface area (Å²) in [7, 11) is 0. The third-order valence-corrected chi connectivity index (χ3v) is 7.70. The van der Waals surface area contributed by atoms with Gasteiger partial charge in [-0.1, -0.05) is 0 Å². The summed E-state index contributed by atoms with van der Waals surface area (Å²) in [5, 5.41) is 13.1. The average molecular weight is 537 g/mol. The lowest BCUT2D eigenvalue weighted by molar-refractivity contribution is -0.120. The molecule has 5 rings (SSSR count). The van der Waals surface area contributed by atoms with Crippen LogP contribution in [0.15, 0.2) is 48.8 Å². The Kier molecular flexibility index (Phi) is 5.82. The Labute approximate surface area is 201 Å². The van der Waals surface area contributed by atoms with E-state index in [1.807, 2.05) is 19.2 Å². The van der Waals surface area contributed by atoms with Crippen LogP contribution in [0.4, 0.5) is 5.69 Å². The highest BCUT2D eigenvalue weighted by molar-refractivity contribution is 14.1. The van der Waals surface area contributed by atoms with Gasteiger partial charge >= 0.3 is 0 Å². The van der Waals surface area contributed by atoms with Crippen molar-refractivity contribution >= 4 is 45.1 Å². The Morgan fingerprint density at radius 3 is 2.66 bits per heavy atom. The van der Waals surface area contributed by atoms with Crippen molar-refractivity contribution < 1.29 is 4.79 Å². The normalized spacial score (nSPS) is 23.6. The summed E-state index contributed by atoms with van der Waals surface area (Å²) in [6.45, 7) is 3.90. The summed E-state index contributed by atoms with van der Waals surface area (Å²) in [4.78, 5) is 23.7. The second-order valence-electron chi connectivity index (χ2n) is 8.91. The molecular weight excluding hydrogens is 513 g/mol. The minimum Gasteiger partial charge on any atom is -0.323 e. The lowest BCUT2D eigenvalue weighted by Gasteiger charge is -2.25. The van der Waals surface area contributed by atoms with Gasteiger partial charge in [0.1, 0.15) is 11.8 Å². The molecule has 2 aliphatic rings. The highest BCUT2D eigenvalue weighted by atomic mass is 127. The predicted octanol–water partition coefficient (Wildman–Crippen LogP) is 4.56. The lowest BCUT2D eigenvalue weighted by Crippen LogP contribution is -2.41. The number of hydrogen-bond acceptors (Lipinski definition) is 5. The molecule has 0 spiro atoms. The number of halogens is 1. The van der Waals surface area contributed by atoms with Gasteiger partial charge in [-0.2, -0.15) is 5.26 Å². The number of anilines is 1. The fraction of sp³-hybridized carbons (Fsp3) is 0.360. The number of nitrogens with one attached hydrogen (secondary N) is 1. The van der Waals surface area contributed by atoms with Gasteiger partial charge in [0.2, 0.25) is 5.91 Å². The number of nitrogens with zero attached hydrogens (tertiary/aromatic N) is 4. The number of nitriles is 1. The van der Waals surface area contributed by atoms with Gasteiger partial charge in [-0.15, -0.1) is 0 Å². The molecule has 6 nitrogen and oxygen atoms in total. The van der Waals surface area contributed by atoms with Crippen molar-refractivity contribution in [3.05, 3.63) is 63.6 Å². The first-order valence-corrected chi connectivity index (χ1v) is 12.0. The summed E-state index contributed by atoms with van der Waals surface area (Å²) in [5.41, 5.74) is 3.46. The van der Waals surface area contributed by atoms with Gasteiger partial charge in [-0.05, 0) is 102 Å². The van der Waals surface area contributed by atoms with Crippen molar-refractivity contribution in [3.63, 3.8) is 0 Å². The molecule has 2 unspecified atom stereocenters. The molecule has 2 fully saturated rings. The second kappa shape index (κ2) is 8.75. The van der Waals surface area contributed by atoms with E-state index in [-0.39, 0.29) is 11.9 Å². The van der Waals surface area contributed by atoms with Crippen molar-refractivity contribution in [2.75, 3.05) is 18.4 Å². The molecule has 3 aromatic rings.